The molecule has 0 bridgehead atoms. The van der Waals surface area contributed by atoms with Crippen molar-refractivity contribution < 1.29 is 13.3 Å². The largest absolute Gasteiger partial charge is 0.313 e. The maximum Gasteiger partial charge on any atom is 0.290 e. The molecule has 1 saturated heterocycles. The molecular weight excluding hydrogens is 320 g/mol. The Bertz CT molecular complexity index is 715. The first-order valence-electron chi connectivity index (χ1n) is 5.94. The second kappa shape index (κ2) is 5.95. The molecule has 8 nitrogen and oxygen atoms in total. The fourth-order valence-corrected chi connectivity index (χ4v) is 3.91. The van der Waals surface area contributed by atoms with Gasteiger partial charge in [-0.15, -0.1) is 0 Å². The Kier molecular flexibility index (Phi) is 4.43. The van der Waals surface area contributed by atoms with Gasteiger partial charge in [-0.05, 0) is 12.1 Å². The summed E-state index contributed by atoms with van der Waals surface area (Å²) in [6, 6.07) is 4.32. The van der Waals surface area contributed by atoms with E-state index in [2.05, 4.69) is 5.32 Å². The van der Waals surface area contributed by atoms with Crippen molar-refractivity contribution in [2.75, 3.05) is 19.6 Å². The number of hydrogen-bond acceptors (Lipinski definition) is 6. The van der Waals surface area contributed by atoms with E-state index in [0.717, 1.165) is 16.4 Å². The molecule has 112 valence electrons. The highest BCUT2D eigenvalue weighted by Gasteiger charge is 2.37. The lowest BCUT2D eigenvalue weighted by molar-refractivity contribution is -0.387. The van der Waals surface area contributed by atoms with Crippen molar-refractivity contribution >= 4 is 27.3 Å². The number of nitrogens with zero attached hydrogens (tertiary/aromatic N) is 3. The SMILES string of the molecule is N#CC1CNCCN1S(=O)(=O)c1ccc(Cl)cc1[N+](=O)[O-]. The monoisotopic (exact) mass is 330 g/mol. The Morgan fingerprint density at radius 2 is 2.24 bits per heavy atom. The number of nitro benzene ring substituents is 1. The molecule has 10 heteroatoms. The third-order valence-corrected chi connectivity index (χ3v) is 5.24. The Labute approximate surface area is 126 Å². The van der Waals surface area contributed by atoms with E-state index >= 15 is 0 Å². The average molecular weight is 331 g/mol. The van der Waals surface area contributed by atoms with Crippen LogP contribution in [0, 0.1) is 21.4 Å². The molecular formula is C11H11ClN4O4S. The third-order valence-electron chi connectivity index (χ3n) is 3.05. The zero-order chi connectivity index (χ0) is 15.6. The Morgan fingerprint density at radius 1 is 1.52 bits per heavy atom. The molecule has 1 heterocycles. The summed E-state index contributed by atoms with van der Waals surface area (Å²) < 4.78 is 26.2. The first kappa shape index (κ1) is 15.7. The van der Waals surface area contributed by atoms with Gasteiger partial charge in [0, 0.05) is 30.7 Å². The summed E-state index contributed by atoms with van der Waals surface area (Å²) >= 11 is 5.68. The molecule has 0 saturated carbocycles. The van der Waals surface area contributed by atoms with E-state index in [4.69, 9.17) is 16.9 Å². The van der Waals surface area contributed by atoms with Crippen molar-refractivity contribution in [3.8, 4) is 6.07 Å². The quantitative estimate of drug-likeness (QED) is 0.645. The summed E-state index contributed by atoms with van der Waals surface area (Å²) in [5.41, 5.74) is -0.599. The summed E-state index contributed by atoms with van der Waals surface area (Å²) in [6.45, 7) is 0.621. The zero-order valence-electron chi connectivity index (χ0n) is 10.7. The van der Waals surface area contributed by atoms with Gasteiger partial charge in [0.05, 0.1) is 11.0 Å². The second-order valence-electron chi connectivity index (χ2n) is 4.33. The average Bonchev–Trinajstić information content (AvgIpc) is 2.46. The minimum absolute atomic E-state index is 0.0674. The van der Waals surface area contributed by atoms with Crippen molar-refractivity contribution in [1.82, 2.24) is 9.62 Å². The summed E-state index contributed by atoms with van der Waals surface area (Å²) in [4.78, 5) is 9.78. The summed E-state index contributed by atoms with van der Waals surface area (Å²) in [6.07, 6.45) is 0. The standard InChI is InChI=1S/C11H11ClN4O4S/c12-8-1-2-11(10(5-8)16(17)18)21(19,20)15-4-3-14-7-9(15)6-13/h1-2,5,9,14H,3-4,7H2. The molecule has 0 radical (unpaired) electrons. The first-order chi connectivity index (χ1) is 9.87. The normalized spacial score (nSPS) is 19.9. The van der Waals surface area contributed by atoms with Crippen LogP contribution < -0.4 is 5.32 Å². The van der Waals surface area contributed by atoms with E-state index in [-0.39, 0.29) is 18.1 Å². The molecule has 21 heavy (non-hydrogen) atoms. The van der Waals surface area contributed by atoms with Crippen LogP contribution in [-0.4, -0.2) is 43.3 Å². The number of benzene rings is 1. The summed E-state index contributed by atoms with van der Waals surface area (Å²) in [5, 5.41) is 23.1. The van der Waals surface area contributed by atoms with Crippen molar-refractivity contribution in [1.29, 1.82) is 5.26 Å². The van der Waals surface area contributed by atoms with Gasteiger partial charge in [0.1, 0.15) is 6.04 Å². The van der Waals surface area contributed by atoms with E-state index < -0.39 is 31.6 Å². The topological polar surface area (TPSA) is 116 Å². The molecule has 1 aliphatic heterocycles. The number of rotatable bonds is 3. The van der Waals surface area contributed by atoms with Crippen LogP contribution in [0.3, 0.4) is 0 Å². The number of sulfonamides is 1. The predicted octanol–water partition coefficient (Wildman–Crippen LogP) is 0.734. The van der Waals surface area contributed by atoms with Crippen LogP contribution in [0.1, 0.15) is 0 Å². The third kappa shape index (κ3) is 2.98. The number of nitrogens with one attached hydrogen (secondary N) is 1. The van der Waals surface area contributed by atoms with Gasteiger partial charge >= 0.3 is 0 Å². The number of nitriles is 1. The molecule has 1 unspecified atom stereocenters. The Morgan fingerprint density at radius 3 is 2.86 bits per heavy atom. The van der Waals surface area contributed by atoms with Gasteiger partial charge in [-0.2, -0.15) is 9.57 Å². The van der Waals surface area contributed by atoms with E-state index in [9.17, 15) is 18.5 Å². The minimum atomic E-state index is -4.15. The van der Waals surface area contributed by atoms with E-state index in [0.29, 0.717) is 6.54 Å². The number of piperazine rings is 1. The number of nitro groups is 1. The molecule has 0 aliphatic carbocycles. The Hall–Kier alpha value is -1.73. The van der Waals surface area contributed by atoms with E-state index in [1.165, 1.54) is 6.07 Å². The number of hydrogen-bond donors (Lipinski definition) is 1. The van der Waals surface area contributed by atoms with Crippen LogP contribution in [0.25, 0.3) is 0 Å². The van der Waals surface area contributed by atoms with E-state index in [1.807, 2.05) is 6.07 Å². The minimum Gasteiger partial charge on any atom is -0.313 e. The molecule has 2 rings (SSSR count). The highest BCUT2D eigenvalue weighted by molar-refractivity contribution is 7.89. The van der Waals surface area contributed by atoms with Gasteiger partial charge in [-0.25, -0.2) is 8.42 Å². The van der Waals surface area contributed by atoms with Crippen LogP contribution in [0.15, 0.2) is 23.1 Å². The molecule has 1 N–H and O–H groups in total. The highest BCUT2D eigenvalue weighted by atomic mass is 35.5. The van der Waals surface area contributed by atoms with Gasteiger partial charge in [0.25, 0.3) is 15.7 Å². The van der Waals surface area contributed by atoms with Crippen LogP contribution in [0.4, 0.5) is 5.69 Å². The van der Waals surface area contributed by atoms with Gasteiger partial charge in [0.15, 0.2) is 4.90 Å². The maximum absolute atomic E-state index is 12.6. The van der Waals surface area contributed by atoms with Crippen molar-refractivity contribution in [3.05, 3.63) is 33.3 Å². The lowest BCUT2D eigenvalue weighted by Gasteiger charge is -2.30. The lowest BCUT2D eigenvalue weighted by atomic mass is 10.3. The van der Waals surface area contributed by atoms with Gasteiger partial charge in [-0.3, -0.25) is 10.1 Å². The molecule has 1 atom stereocenters. The molecule has 0 spiro atoms. The predicted molar refractivity (Wildman–Crippen MR) is 74.3 cm³/mol. The molecule has 1 fully saturated rings. The van der Waals surface area contributed by atoms with Crippen molar-refractivity contribution in [2.24, 2.45) is 0 Å². The van der Waals surface area contributed by atoms with Crippen LogP contribution in [0.5, 0.6) is 0 Å². The maximum atomic E-state index is 12.6. The Balaban J connectivity index is 2.54. The molecule has 0 aromatic heterocycles. The lowest BCUT2D eigenvalue weighted by Crippen LogP contribution is -2.52. The molecule has 1 aromatic carbocycles. The van der Waals surface area contributed by atoms with Crippen molar-refractivity contribution in [2.45, 2.75) is 10.9 Å². The van der Waals surface area contributed by atoms with Gasteiger partial charge < -0.3 is 5.32 Å². The summed E-state index contributed by atoms with van der Waals surface area (Å²) in [7, 11) is -4.15. The van der Waals surface area contributed by atoms with Crippen LogP contribution >= 0.6 is 11.6 Å². The first-order valence-corrected chi connectivity index (χ1v) is 7.76. The van der Waals surface area contributed by atoms with Crippen molar-refractivity contribution in [3.63, 3.8) is 0 Å². The molecule has 1 aliphatic rings. The fraction of sp³-hybridized carbons (Fsp3) is 0.364. The van der Waals surface area contributed by atoms with Crippen LogP contribution in [-0.2, 0) is 10.0 Å². The van der Waals surface area contributed by atoms with Gasteiger partial charge in [-0.1, -0.05) is 11.6 Å². The second-order valence-corrected chi connectivity index (χ2v) is 6.63. The smallest absolute Gasteiger partial charge is 0.290 e. The zero-order valence-corrected chi connectivity index (χ0v) is 12.3. The summed E-state index contributed by atoms with van der Waals surface area (Å²) in [5.74, 6) is 0. The van der Waals surface area contributed by atoms with E-state index in [1.54, 1.807) is 0 Å². The molecule has 1 aromatic rings. The highest BCUT2D eigenvalue weighted by Crippen LogP contribution is 2.30. The van der Waals surface area contributed by atoms with Crippen LogP contribution in [0.2, 0.25) is 5.02 Å². The molecule has 0 amide bonds. The fourth-order valence-electron chi connectivity index (χ4n) is 2.06. The van der Waals surface area contributed by atoms with Gasteiger partial charge in [0.2, 0.25) is 0 Å². The number of halogens is 1.